The molecular weight excluding hydrogens is 502 g/mol. The van der Waals surface area contributed by atoms with Gasteiger partial charge in [0.25, 0.3) is 0 Å². The van der Waals surface area contributed by atoms with E-state index in [4.69, 9.17) is 4.74 Å². The Hall–Kier alpha value is -5.27. The summed E-state index contributed by atoms with van der Waals surface area (Å²) in [6.45, 7) is 0. The van der Waals surface area contributed by atoms with Gasteiger partial charge in [-0.3, -0.25) is 0 Å². The van der Waals surface area contributed by atoms with Gasteiger partial charge in [0.15, 0.2) is 0 Å². The van der Waals surface area contributed by atoms with Crippen molar-refractivity contribution in [2.75, 3.05) is 4.90 Å². The van der Waals surface area contributed by atoms with Crippen LogP contribution in [-0.2, 0) is 0 Å². The number of rotatable bonds is 2. The third-order valence-electron chi connectivity index (χ3n) is 9.07. The van der Waals surface area contributed by atoms with Crippen LogP contribution >= 0.6 is 0 Å². The first-order valence-electron chi connectivity index (χ1n) is 14.2. The van der Waals surface area contributed by atoms with Gasteiger partial charge in [-0.15, -0.1) is 0 Å². The summed E-state index contributed by atoms with van der Waals surface area (Å²) in [7, 11) is 0. The Morgan fingerprint density at radius 3 is 2.54 bits per heavy atom. The average Bonchev–Trinajstić information content (AvgIpc) is 3.67. The zero-order valence-corrected chi connectivity index (χ0v) is 22.2. The van der Waals surface area contributed by atoms with Crippen LogP contribution in [0.15, 0.2) is 127 Å². The van der Waals surface area contributed by atoms with Gasteiger partial charge in [-0.1, -0.05) is 60.7 Å². The minimum atomic E-state index is 0.0400. The Bertz CT molecular complexity index is 2080. The SMILES string of the molecule is N#Cc1ccc2c(c1)C1C=CC=CC1N2c1ccc2c(c1)c1ccccc1n2C1=CC2c3ccccc3OC2C=C1. The summed E-state index contributed by atoms with van der Waals surface area (Å²) >= 11 is 0. The molecule has 2 aliphatic heterocycles. The average molecular weight is 528 g/mol. The second-order valence-electron chi connectivity index (χ2n) is 11.2. The van der Waals surface area contributed by atoms with Crippen LogP contribution in [0, 0.1) is 11.3 Å². The van der Waals surface area contributed by atoms with E-state index in [0.717, 1.165) is 11.4 Å². The van der Waals surface area contributed by atoms with Crippen molar-refractivity contribution in [1.82, 2.24) is 4.57 Å². The van der Waals surface area contributed by atoms with Gasteiger partial charge in [0.05, 0.1) is 28.7 Å². The third-order valence-corrected chi connectivity index (χ3v) is 9.07. The Morgan fingerprint density at radius 2 is 1.59 bits per heavy atom. The van der Waals surface area contributed by atoms with E-state index >= 15 is 0 Å². The summed E-state index contributed by atoms with van der Waals surface area (Å²) in [4.78, 5) is 2.43. The van der Waals surface area contributed by atoms with Gasteiger partial charge in [0.2, 0.25) is 0 Å². The molecule has 4 heteroatoms. The lowest BCUT2D eigenvalue weighted by atomic mass is 9.91. The fourth-order valence-electron chi connectivity index (χ4n) is 7.29. The molecule has 0 amide bonds. The lowest BCUT2D eigenvalue weighted by molar-refractivity contribution is 0.269. The number of ether oxygens (including phenoxy) is 1. The molecule has 4 aliphatic rings. The van der Waals surface area contributed by atoms with E-state index in [-0.39, 0.29) is 24.0 Å². The van der Waals surface area contributed by atoms with Gasteiger partial charge >= 0.3 is 0 Å². The maximum atomic E-state index is 9.56. The highest BCUT2D eigenvalue weighted by atomic mass is 16.5. The number of nitriles is 1. The van der Waals surface area contributed by atoms with E-state index in [1.165, 1.54) is 44.3 Å². The predicted octanol–water partition coefficient (Wildman–Crippen LogP) is 8.35. The smallest absolute Gasteiger partial charge is 0.128 e. The highest BCUT2D eigenvalue weighted by molar-refractivity contribution is 6.11. The van der Waals surface area contributed by atoms with Gasteiger partial charge in [-0.05, 0) is 72.3 Å². The predicted molar refractivity (Wildman–Crippen MR) is 165 cm³/mol. The zero-order valence-electron chi connectivity index (χ0n) is 22.2. The fourth-order valence-corrected chi connectivity index (χ4v) is 7.29. The van der Waals surface area contributed by atoms with Crippen molar-refractivity contribution in [3.63, 3.8) is 0 Å². The van der Waals surface area contributed by atoms with Crippen molar-refractivity contribution >= 4 is 38.9 Å². The second-order valence-corrected chi connectivity index (χ2v) is 11.2. The molecule has 0 spiro atoms. The molecule has 0 fully saturated rings. The number of hydrogen-bond acceptors (Lipinski definition) is 3. The summed E-state index contributed by atoms with van der Waals surface area (Å²) in [6.07, 6.45) is 15.6. The van der Waals surface area contributed by atoms with Crippen LogP contribution in [0.3, 0.4) is 0 Å². The molecular formula is C37H25N3O. The molecule has 2 aliphatic carbocycles. The lowest BCUT2D eigenvalue weighted by Gasteiger charge is -2.29. The molecule has 5 aromatic rings. The quantitative estimate of drug-likeness (QED) is 0.232. The lowest BCUT2D eigenvalue weighted by Crippen LogP contribution is -2.28. The van der Waals surface area contributed by atoms with Crippen LogP contribution in [-0.4, -0.2) is 16.7 Å². The summed E-state index contributed by atoms with van der Waals surface area (Å²) in [5.74, 6) is 1.40. The highest BCUT2D eigenvalue weighted by Crippen LogP contribution is 2.49. The Kier molecular flexibility index (Phi) is 4.60. The molecule has 194 valence electrons. The van der Waals surface area contributed by atoms with Gasteiger partial charge in [-0.2, -0.15) is 5.26 Å². The van der Waals surface area contributed by atoms with Crippen LogP contribution in [0.4, 0.5) is 11.4 Å². The number of allylic oxidation sites excluding steroid dienone is 4. The van der Waals surface area contributed by atoms with Crippen molar-refractivity contribution < 1.29 is 4.74 Å². The molecule has 0 bridgehead atoms. The maximum Gasteiger partial charge on any atom is 0.128 e. The second kappa shape index (κ2) is 8.36. The summed E-state index contributed by atoms with van der Waals surface area (Å²) in [5, 5.41) is 12.0. The van der Waals surface area contributed by atoms with E-state index in [2.05, 4.69) is 131 Å². The number of hydrogen-bond donors (Lipinski definition) is 0. The van der Waals surface area contributed by atoms with E-state index < -0.39 is 0 Å². The molecule has 3 heterocycles. The molecule has 4 atom stereocenters. The standard InChI is InChI=1S/C37H25N3O/c38-22-23-13-16-34-29(19-23)26-7-1-4-10-32(26)39(34)24-14-17-35-30(20-24)27-8-2-5-11-33(27)40(35)25-15-18-37-31(21-25)28-9-3-6-12-36(28)41-37/h1-21,26,31-32,37H. The Morgan fingerprint density at radius 1 is 0.732 bits per heavy atom. The van der Waals surface area contributed by atoms with Crippen LogP contribution in [0.5, 0.6) is 5.75 Å². The number of benzene rings is 4. The van der Waals surface area contributed by atoms with E-state index in [9.17, 15) is 5.26 Å². The van der Waals surface area contributed by atoms with E-state index in [1.807, 2.05) is 12.1 Å². The minimum absolute atomic E-state index is 0.0400. The maximum absolute atomic E-state index is 9.56. The Labute approximate surface area is 238 Å². The molecule has 0 saturated carbocycles. The topological polar surface area (TPSA) is 41.2 Å². The van der Waals surface area contributed by atoms with Crippen molar-refractivity contribution in [2.24, 2.45) is 0 Å². The monoisotopic (exact) mass is 527 g/mol. The van der Waals surface area contributed by atoms with Crippen molar-refractivity contribution in [3.05, 3.63) is 144 Å². The molecule has 9 rings (SSSR count). The molecule has 41 heavy (non-hydrogen) atoms. The van der Waals surface area contributed by atoms with Crippen molar-refractivity contribution in [1.29, 1.82) is 5.26 Å². The molecule has 4 aromatic carbocycles. The third kappa shape index (κ3) is 3.15. The zero-order chi connectivity index (χ0) is 27.1. The first-order valence-corrected chi connectivity index (χ1v) is 14.2. The van der Waals surface area contributed by atoms with E-state index in [0.29, 0.717) is 5.56 Å². The van der Waals surface area contributed by atoms with Crippen molar-refractivity contribution in [2.45, 2.75) is 24.0 Å². The van der Waals surface area contributed by atoms with Gasteiger partial charge in [-0.25, -0.2) is 0 Å². The van der Waals surface area contributed by atoms with E-state index in [1.54, 1.807) is 0 Å². The number of fused-ring (bicyclic) bond motifs is 9. The highest BCUT2D eigenvalue weighted by Gasteiger charge is 2.38. The van der Waals surface area contributed by atoms with Crippen LogP contribution in [0.1, 0.15) is 28.5 Å². The molecule has 0 radical (unpaired) electrons. The largest absolute Gasteiger partial charge is 0.485 e. The molecule has 0 saturated heterocycles. The molecule has 1 aromatic heterocycles. The summed E-state index contributed by atoms with van der Waals surface area (Å²) < 4.78 is 8.63. The Balaban J connectivity index is 1.22. The fraction of sp³-hybridized carbons (Fsp3) is 0.108. The van der Waals surface area contributed by atoms with Gasteiger partial charge in [0.1, 0.15) is 11.9 Å². The molecule has 0 N–H and O–H groups in total. The number of aromatic nitrogens is 1. The number of anilines is 2. The number of para-hydroxylation sites is 2. The summed E-state index contributed by atoms with van der Waals surface area (Å²) in [5.41, 5.74) is 9.04. The van der Waals surface area contributed by atoms with Crippen LogP contribution < -0.4 is 9.64 Å². The molecule has 4 nitrogen and oxygen atoms in total. The minimum Gasteiger partial charge on any atom is -0.485 e. The summed E-state index contributed by atoms with van der Waals surface area (Å²) in [6, 6.07) is 32.5. The van der Waals surface area contributed by atoms with Crippen LogP contribution in [0.25, 0.3) is 27.5 Å². The van der Waals surface area contributed by atoms with Crippen molar-refractivity contribution in [3.8, 4) is 11.8 Å². The molecule has 4 unspecified atom stereocenters. The van der Waals surface area contributed by atoms with Gasteiger partial charge in [0, 0.05) is 45.2 Å². The van der Waals surface area contributed by atoms with Crippen LogP contribution in [0.2, 0.25) is 0 Å². The number of nitrogens with zero attached hydrogens (tertiary/aromatic N) is 3. The first-order chi connectivity index (χ1) is 20.3. The van der Waals surface area contributed by atoms with Gasteiger partial charge < -0.3 is 14.2 Å². The first kappa shape index (κ1) is 22.5. The normalized spacial score (nSPS) is 23.1.